The highest BCUT2D eigenvalue weighted by molar-refractivity contribution is 7.09. The zero-order valence-electron chi connectivity index (χ0n) is 15.4. The Morgan fingerprint density at radius 1 is 1.33 bits per heavy atom. The molecule has 0 bridgehead atoms. The van der Waals surface area contributed by atoms with Crippen LogP contribution in [0.15, 0.2) is 29.6 Å². The van der Waals surface area contributed by atoms with Gasteiger partial charge in [0.05, 0.1) is 17.1 Å². The van der Waals surface area contributed by atoms with Gasteiger partial charge in [-0.25, -0.2) is 9.37 Å². The number of amides is 2. The van der Waals surface area contributed by atoms with Crippen molar-refractivity contribution in [3.63, 3.8) is 0 Å². The summed E-state index contributed by atoms with van der Waals surface area (Å²) in [5, 5.41) is 5.88. The number of thiazole rings is 1. The van der Waals surface area contributed by atoms with Crippen molar-refractivity contribution in [2.24, 2.45) is 0 Å². The van der Waals surface area contributed by atoms with E-state index < -0.39 is 0 Å². The minimum atomic E-state index is -0.290. The van der Waals surface area contributed by atoms with Crippen LogP contribution < -0.4 is 5.32 Å². The maximum Gasteiger partial charge on any atom is 0.227 e. The van der Waals surface area contributed by atoms with Gasteiger partial charge < -0.3 is 10.2 Å². The van der Waals surface area contributed by atoms with Gasteiger partial charge in [-0.2, -0.15) is 0 Å². The van der Waals surface area contributed by atoms with Gasteiger partial charge in [0.15, 0.2) is 0 Å². The molecule has 1 atom stereocenters. The van der Waals surface area contributed by atoms with Gasteiger partial charge in [0, 0.05) is 44.3 Å². The van der Waals surface area contributed by atoms with E-state index in [9.17, 15) is 14.0 Å². The molecular weight excluding hydrogens is 365 g/mol. The molecule has 2 heterocycles. The van der Waals surface area contributed by atoms with Crippen molar-refractivity contribution < 1.29 is 14.0 Å². The second-order valence-electron chi connectivity index (χ2n) is 6.89. The van der Waals surface area contributed by atoms with E-state index in [0.717, 1.165) is 42.1 Å². The first-order valence-electron chi connectivity index (χ1n) is 9.22. The Hall–Kier alpha value is -2.28. The first-order valence-corrected chi connectivity index (χ1v) is 10.1. The molecule has 0 aliphatic carbocycles. The highest BCUT2D eigenvalue weighted by Crippen LogP contribution is 2.29. The molecule has 0 unspecified atom stereocenters. The molecule has 1 aliphatic heterocycles. The maximum absolute atomic E-state index is 13.0. The minimum absolute atomic E-state index is 0.0342. The number of nitrogens with zero attached hydrogens (tertiary/aromatic N) is 2. The van der Waals surface area contributed by atoms with Gasteiger partial charge >= 0.3 is 0 Å². The van der Waals surface area contributed by atoms with Gasteiger partial charge in [-0.05, 0) is 30.5 Å². The normalized spacial score (nSPS) is 17.0. The number of halogens is 1. The lowest BCUT2D eigenvalue weighted by Gasteiger charge is -2.32. The van der Waals surface area contributed by atoms with Crippen LogP contribution in [0.4, 0.5) is 4.39 Å². The summed E-state index contributed by atoms with van der Waals surface area (Å²) in [4.78, 5) is 30.2. The zero-order valence-corrected chi connectivity index (χ0v) is 16.2. The molecule has 27 heavy (non-hydrogen) atoms. The Labute approximate surface area is 162 Å². The van der Waals surface area contributed by atoms with Crippen molar-refractivity contribution in [1.29, 1.82) is 0 Å². The number of hydrogen-bond acceptors (Lipinski definition) is 4. The van der Waals surface area contributed by atoms with Crippen LogP contribution >= 0.6 is 11.3 Å². The summed E-state index contributed by atoms with van der Waals surface area (Å²) < 4.78 is 13.0. The van der Waals surface area contributed by atoms with E-state index in [1.165, 1.54) is 19.1 Å². The number of aromatic nitrogens is 1. The number of carbonyl (C=O) groups is 2. The average molecular weight is 389 g/mol. The first-order chi connectivity index (χ1) is 13.0. The summed E-state index contributed by atoms with van der Waals surface area (Å²) in [7, 11) is 0. The average Bonchev–Trinajstić information content (AvgIpc) is 3.12. The molecule has 3 rings (SSSR count). The van der Waals surface area contributed by atoms with Gasteiger partial charge in [-0.3, -0.25) is 9.59 Å². The maximum atomic E-state index is 13.0. The van der Waals surface area contributed by atoms with Crippen molar-refractivity contribution in [3.05, 3.63) is 51.7 Å². The Morgan fingerprint density at radius 2 is 2.11 bits per heavy atom. The molecule has 2 amide bonds. The molecule has 2 aromatic rings. The topological polar surface area (TPSA) is 62.3 Å². The van der Waals surface area contributed by atoms with E-state index >= 15 is 0 Å². The van der Waals surface area contributed by atoms with Crippen molar-refractivity contribution >= 4 is 23.2 Å². The van der Waals surface area contributed by atoms with Gasteiger partial charge in [-0.15, -0.1) is 11.3 Å². The Balaban J connectivity index is 1.55. The number of likely N-dealkylation sites (tertiary alicyclic amines) is 1. The molecule has 1 N–H and O–H groups in total. The summed E-state index contributed by atoms with van der Waals surface area (Å²) in [6.07, 6.45) is 3.00. The van der Waals surface area contributed by atoms with E-state index in [1.54, 1.807) is 23.5 Å². The lowest BCUT2D eigenvalue weighted by Crippen LogP contribution is -2.39. The van der Waals surface area contributed by atoms with Crippen LogP contribution in [0.1, 0.15) is 41.9 Å². The fourth-order valence-electron chi connectivity index (χ4n) is 3.29. The van der Waals surface area contributed by atoms with E-state index in [0.29, 0.717) is 19.5 Å². The van der Waals surface area contributed by atoms with Crippen molar-refractivity contribution in [2.45, 2.75) is 38.5 Å². The molecule has 0 radical (unpaired) electrons. The van der Waals surface area contributed by atoms with Crippen LogP contribution in [0.2, 0.25) is 0 Å². The van der Waals surface area contributed by atoms with Crippen molar-refractivity contribution in [1.82, 2.24) is 15.2 Å². The molecule has 7 heteroatoms. The molecule has 144 valence electrons. The molecule has 1 aliphatic rings. The zero-order chi connectivity index (χ0) is 19.2. The second-order valence-corrected chi connectivity index (χ2v) is 7.78. The smallest absolute Gasteiger partial charge is 0.227 e. The number of hydrogen-bond donors (Lipinski definition) is 1. The fraction of sp³-hybridized carbons (Fsp3) is 0.450. The molecule has 1 saturated heterocycles. The largest absolute Gasteiger partial charge is 0.356 e. The summed E-state index contributed by atoms with van der Waals surface area (Å²) in [6.45, 7) is 3.54. The summed E-state index contributed by atoms with van der Waals surface area (Å²) in [5.41, 5.74) is 1.82. The number of nitrogens with one attached hydrogen (secondary N) is 1. The third-order valence-corrected chi connectivity index (χ3v) is 5.77. The quantitative estimate of drug-likeness (QED) is 0.826. The van der Waals surface area contributed by atoms with E-state index in [-0.39, 0.29) is 23.5 Å². The van der Waals surface area contributed by atoms with Crippen LogP contribution in [0, 0.1) is 5.82 Å². The molecule has 5 nitrogen and oxygen atoms in total. The number of rotatable bonds is 6. The van der Waals surface area contributed by atoms with Crippen molar-refractivity contribution in [2.75, 3.05) is 19.6 Å². The molecule has 1 fully saturated rings. The first kappa shape index (κ1) is 19.5. The number of benzene rings is 1. The monoisotopic (exact) mass is 389 g/mol. The van der Waals surface area contributed by atoms with E-state index in [2.05, 4.69) is 5.32 Å². The SMILES string of the molecule is CC(=O)NCCc1csc([C@H]2CCCN(C(=O)Cc3ccc(F)cc3)C2)n1. The number of piperidine rings is 1. The van der Waals surface area contributed by atoms with E-state index in [4.69, 9.17) is 4.98 Å². The third-order valence-electron chi connectivity index (χ3n) is 4.72. The third kappa shape index (κ3) is 5.60. The lowest BCUT2D eigenvalue weighted by atomic mass is 9.98. The fourth-order valence-corrected chi connectivity index (χ4v) is 4.27. The van der Waals surface area contributed by atoms with Crippen LogP contribution in [0.25, 0.3) is 0 Å². The molecule has 1 aromatic heterocycles. The van der Waals surface area contributed by atoms with Crippen LogP contribution in [0.3, 0.4) is 0 Å². The lowest BCUT2D eigenvalue weighted by molar-refractivity contribution is -0.131. The Bertz CT molecular complexity index is 791. The number of carbonyl (C=O) groups excluding carboxylic acids is 2. The van der Waals surface area contributed by atoms with Gasteiger partial charge in [0.1, 0.15) is 5.82 Å². The van der Waals surface area contributed by atoms with Crippen LogP contribution in [-0.4, -0.2) is 41.3 Å². The minimum Gasteiger partial charge on any atom is -0.356 e. The summed E-state index contributed by atoms with van der Waals surface area (Å²) in [5.74, 6) is 0.0135. The highest BCUT2D eigenvalue weighted by atomic mass is 32.1. The molecule has 0 spiro atoms. The van der Waals surface area contributed by atoms with Crippen LogP contribution in [0.5, 0.6) is 0 Å². The molecule has 1 aromatic carbocycles. The summed E-state index contributed by atoms with van der Waals surface area (Å²) >= 11 is 1.63. The van der Waals surface area contributed by atoms with Gasteiger partial charge in [0.2, 0.25) is 11.8 Å². The van der Waals surface area contributed by atoms with E-state index in [1.807, 2.05) is 10.3 Å². The second kappa shape index (κ2) is 9.08. The standard InChI is InChI=1S/C20H24FN3O2S/c1-14(25)22-9-8-18-13-27-20(23-18)16-3-2-10-24(12-16)19(26)11-15-4-6-17(21)7-5-15/h4-7,13,16H,2-3,8-12H2,1H3,(H,22,25)/t16-/m0/s1. The molecule has 0 saturated carbocycles. The highest BCUT2D eigenvalue weighted by Gasteiger charge is 2.26. The van der Waals surface area contributed by atoms with Gasteiger partial charge in [0.25, 0.3) is 0 Å². The Morgan fingerprint density at radius 3 is 2.85 bits per heavy atom. The predicted octanol–water partition coefficient (Wildman–Crippen LogP) is 2.91. The summed E-state index contributed by atoms with van der Waals surface area (Å²) in [6, 6.07) is 6.10. The van der Waals surface area contributed by atoms with Crippen LogP contribution in [-0.2, 0) is 22.4 Å². The predicted molar refractivity (Wildman–Crippen MR) is 103 cm³/mol. The Kier molecular flexibility index (Phi) is 6.55. The van der Waals surface area contributed by atoms with Crippen molar-refractivity contribution in [3.8, 4) is 0 Å². The molecular formula is C20H24FN3O2S. The van der Waals surface area contributed by atoms with Gasteiger partial charge in [-0.1, -0.05) is 12.1 Å².